The number of likely N-dealkylation sites (N-methyl/N-ethyl adjacent to an activating group) is 1. The van der Waals surface area contributed by atoms with Gasteiger partial charge >= 0.3 is 5.97 Å². The van der Waals surface area contributed by atoms with Crippen LogP contribution in [0.15, 0.2) is 84.0 Å². The summed E-state index contributed by atoms with van der Waals surface area (Å²) >= 11 is 15.2. The van der Waals surface area contributed by atoms with Gasteiger partial charge in [-0.2, -0.15) is 0 Å². The Kier molecular flexibility index (Phi) is 23.4. The van der Waals surface area contributed by atoms with Crippen LogP contribution in [0.1, 0.15) is 105 Å². The van der Waals surface area contributed by atoms with Gasteiger partial charge in [-0.3, -0.25) is 33.6 Å². The Labute approximate surface area is 622 Å². The molecule has 5 aromatic carbocycles. The first-order chi connectivity index (χ1) is 50.6. The Morgan fingerprint density at radius 3 is 1.98 bits per heavy atom. The minimum Gasteiger partial charge on any atom is -0.508 e. The van der Waals surface area contributed by atoms with Crippen LogP contribution in [0.2, 0.25) is 10.0 Å². The van der Waals surface area contributed by atoms with Crippen LogP contribution in [0.4, 0.5) is 0 Å². The second-order valence-electron chi connectivity index (χ2n) is 26.9. The molecule has 36 nitrogen and oxygen atoms in total. The number of carbonyl (C=O) groups is 8. The van der Waals surface area contributed by atoms with E-state index in [1.54, 1.807) is 0 Å². The Morgan fingerprint density at radius 1 is 0.757 bits per heavy atom. The van der Waals surface area contributed by atoms with Crippen molar-refractivity contribution in [3.05, 3.63) is 117 Å². The lowest BCUT2D eigenvalue weighted by Crippen LogP contribution is -2.64. The number of nitrogens with zero attached hydrogens (tertiary/aromatic N) is 4. The summed E-state index contributed by atoms with van der Waals surface area (Å²) < 4.78 is 40.7. The molecule has 6 aromatic rings. The largest absolute Gasteiger partial charge is 0.508 e. The number of ether oxygens (including phenoxy) is 6. The van der Waals surface area contributed by atoms with Crippen LogP contribution in [0, 0.1) is 5.92 Å². The number of aliphatic hydroxyl groups is 5. The van der Waals surface area contributed by atoms with Crippen LogP contribution in [0.5, 0.6) is 46.0 Å². The van der Waals surface area contributed by atoms with Crippen LogP contribution in [-0.2, 0) is 59.6 Å². The van der Waals surface area contributed by atoms with Gasteiger partial charge in [0.2, 0.25) is 58.5 Å². The number of aromatic nitrogens is 4. The summed E-state index contributed by atoms with van der Waals surface area (Å²) in [6.45, 7) is 6.68. The van der Waals surface area contributed by atoms with E-state index < -0.39 is 225 Å². The maximum atomic E-state index is 16.2. The van der Waals surface area contributed by atoms with Gasteiger partial charge in [-0.25, -0.2) is 9.48 Å². The first-order valence-corrected chi connectivity index (χ1v) is 35.0. The number of nitrogens with one attached hydrogen (secondary N) is 7. The van der Waals surface area contributed by atoms with Gasteiger partial charge in [0.25, 0.3) is 0 Å². The molecule has 0 aliphatic carbocycles. The van der Waals surface area contributed by atoms with E-state index in [1.165, 1.54) is 44.8 Å². The number of phenols is 3. The molecule has 10 unspecified atom stereocenters. The molecular weight excluding hydrogens is 1470 g/mol. The number of tetrazole rings is 1. The first kappa shape index (κ1) is 78.3. The number of hydrogen-bond acceptors (Lipinski definition) is 28. The van der Waals surface area contributed by atoms with Crippen molar-refractivity contribution in [3.63, 3.8) is 0 Å². The zero-order valence-corrected chi connectivity index (χ0v) is 59.9. The average Bonchev–Trinajstić information content (AvgIpc) is 0.849. The summed E-state index contributed by atoms with van der Waals surface area (Å²) in [7, 11) is 3.02. The van der Waals surface area contributed by atoms with E-state index in [0.717, 1.165) is 78.5 Å². The Bertz CT molecular complexity index is 4460. The number of aliphatic hydroxyl groups excluding tert-OH is 5. The van der Waals surface area contributed by atoms with Gasteiger partial charge in [-0.05, 0) is 121 Å². The summed E-state index contributed by atoms with van der Waals surface area (Å²) in [5, 5.41) is 133. The number of nitrogens with two attached hydrogens (primary N) is 2. The van der Waals surface area contributed by atoms with Crippen molar-refractivity contribution >= 4 is 82.3 Å². The summed E-state index contributed by atoms with van der Waals surface area (Å²) in [6.07, 6.45) is -18.1. The number of aryl methyl sites for hydroxylation is 1. The van der Waals surface area contributed by atoms with Gasteiger partial charge in [0.15, 0.2) is 29.9 Å². The number of hydrogen-bond donors (Lipinski definition) is 18. The van der Waals surface area contributed by atoms with E-state index in [9.17, 15) is 69.9 Å². The van der Waals surface area contributed by atoms with Crippen LogP contribution < -0.4 is 62.9 Å². The van der Waals surface area contributed by atoms with Gasteiger partial charge in [-0.1, -0.05) is 67.0 Å². The number of halogens is 2. The summed E-state index contributed by atoms with van der Waals surface area (Å²) in [4.78, 5) is 118. The molecular formula is C68H77Cl2N13O23S. The molecule has 2 saturated heterocycles. The number of rotatable bonds is 15. The number of carboxylic acids is 1. The second kappa shape index (κ2) is 32.0. The zero-order valence-electron chi connectivity index (χ0n) is 57.6. The molecule has 11 bridgehead atoms. The molecule has 39 heteroatoms. The maximum Gasteiger partial charge on any atom is 0.330 e. The second-order valence-corrected chi connectivity index (χ2v) is 28.7. The Hall–Kier alpha value is -9.74. The van der Waals surface area contributed by atoms with E-state index in [1.807, 2.05) is 13.8 Å². The van der Waals surface area contributed by atoms with Crippen molar-refractivity contribution in [2.24, 2.45) is 24.4 Å². The number of amides is 7. The van der Waals surface area contributed by atoms with Crippen molar-refractivity contribution < 1.29 is 113 Å². The topological polar surface area (TPSA) is 554 Å². The van der Waals surface area contributed by atoms with E-state index in [4.69, 9.17) is 63.1 Å². The molecule has 7 amide bonds. The number of aromatic hydroxyl groups is 3. The summed E-state index contributed by atoms with van der Waals surface area (Å²) in [5.74, 6) is -16.1. The zero-order chi connectivity index (χ0) is 77.5. The number of phenolic OH excluding ortho intramolecular Hbond substituents is 3. The minimum atomic E-state index is -2.35. The highest BCUT2D eigenvalue weighted by Gasteiger charge is 2.52. The molecule has 0 saturated carbocycles. The van der Waals surface area contributed by atoms with E-state index in [-0.39, 0.29) is 62.9 Å². The number of fused-ring (bicyclic) bond motifs is 15. The lowest BCUT2D eigenvalue weighted by Gasteiger charge is -2.47. The monoisotopic (exact) mass is 1550 g/mol. The third-order valence-electron chi connectivity index (χ3n) is 18.6. The smallest absolute Gasteiger partial charge is 0.330 e. The Morgan fingerprint density at radius 2 is 1.38 bits per heavy atom. The summed E-state index contributed by atoms with van der Waals surface area (Å²) in [5.41, 5.74) is 8.16. The van der Waals surface area contributed by atoms with Gasteiger partial charge in [-0.15, -0.1) is 5.10 Å². The molecule has 1 aromatic heterocycles. The third-order valence-corrected chi connectivity index (χ3v) is 20.2. The number of carboxylic acid groups (broad SMARTS) is 1. The molecule has 7 aliphatic heterocycles. The highest BCUT2D eigenvalue weighted by atomic mass is 35.5. The molecule has 20 N–H and O–H groups in total. The Balaban J connectivity index is 1.16. The predicted molar refractivity (Wildman–Crippen MR) is 372 cm³/mol. The first-order valence-electron chi connectivity index (χ1n) is 33.3. The maximum absolute atomic E-state index is 16.2. The van der Waals surface area contributed by atoms with Crippen molar-refractivity contribution in [2.75, 3.05) is 12.8 Å². The van der Waals surface area contributed by atoms with Gasteiger partial charge in [0.05, 0.1) is 40.8 Å². The number of thioether (sulfide) groups is 1. The molecule has 18 atom stereocenters. The number of aliphatic carboxylic acids is 1. The minimum absolute atomic E-state index is 0.100. The van der Waals surface area contributed by atoms with E-state index in [2.05, 4.69) is 52.7 Å². The standard InChI is InChI=1S/C68H77Cl2N13O23S/c1-24(2)13-35(73-5)59(93)78-50-52(88)27-8-11-39(33(69)15-27)102-41-17-29-18-42(56(41)106-66-57(105-45-22-68(4,72)58(92)25(3)101-45)55(91)54(90)43(104-66)23-107-67-80-81-82-83(67)6)103-40-12-9-28(16-34(40)70)53(89)51-64(98)77-49(65(99)100)32-19-30(84)20-38(86)46(32)31-14-26(7-10-37(31)85)47(61(95)79-51)76-62(96)48(29)75-60(94)36(21-44(71)87)74-63(50)97/h7-12,14-20,24-25,35-36,43,45,47-55,57-58,66,73,84-86,88-92H,13,21-23,72H2,1-6H3,(H2,71,87)(H,74,97)(H,75,94)(H,76,96)(H,77,98)(H,78,93)(H,79,95)(H,99,100)/t25?,35-,36-,43?,45?,47?,48+,49+,50+,51-,52+,53+,54?,55?,57?,58?,66?,68?/m0/s1. The molecule has 2 fully saturated rings. The number of benzene rings is 5. The van der Waals surface area contributed by atoms with E-state index in [0.29, 0.717) is 0 Å². The SMILES string of the molecule is CN[C@@H](CC(C)C)C(=O)N[C@H]1C(=O)N[C@@H](CC(N)=O)C(=O)N[C@H]2C(=O)NC3C(=O)N[C@H](C(=O)N[C@@H](C(=O)O)c4cc(O)cc(O)c4-c4cc3ccc4O)[C@H](O)c3ccc(c(Cl)c3)Oc3cc2cc(c3OC2OC(CSc3nnnn3C)C(O)C(O)C2OC2CC(C)(N)C(O)C(C)O2)Oc2ccc(cc2Cl)[C@H]1O. The molecule has 13 rings (SSSR count). The van der Waals surface area contributed by atoms with E-state index >= 15 is 14.4 Å². The van der Waals surface area contributed by atoms with Gasteiger partial charge < -0.3 is 123 Å². The third kappa shape index (κ3) is 16.9. The van der Waals surface area contributed by atoms with Gasteiger partial charge in [0, 0.05) is 47.5 Å². The highest BCUT2D eigenvalue weighted by molar-refractivity contribution is 7.99. The highest BCUT2D eigenvalue weighted by Crippen LogP contribution is 2.50. The fourth-order valence-corrected chi connectivity index (χ4v) is 14.3. The molecule has 0 spiro atoms. The normalized spacial score (nSPS) is 28.5. The van der Waals surface area contributed by atoms with Crippen LogP contribution in [-0.4, -0.2) is 205 Å². The number of carbonyl (C=O) groups excluding carboxylic acids is 7. The van der Waals surface area contributed by atoms with Crippen LogP contribution >= 0.6 is 35.0 Å². The van der Waals surface area contributed by atoms with Crippen molar-refractivity contribution in [1.82, 2.24) is 57.4 Å². The molecule has 8 heterocycles. The lowest BCUT2D eigenvalue weighted by molar-refractivity contribution is -0.329. The fourth-order valence-electron chi connectivity index (χ4n) is 13.0. The number of primary amides is 1. The van der Waals surface area contributed by atoms with Gasteiger partial charge in [0.1, 0.15) is 83.4 Å². The van der Waals surface area contributed by atoms with Crippen LogP contribution in [0.25, 0.3) is 11.1 Å². The van der Waals surface area contributed by atoms with Crippen LogP contribution in [0.3, 0.4) is 0 Å². The van der Waals surface area contributed by atoms with Crippen molar-refractivity contribution in [2.45, 2.75) is 161 Å². The molecule has 107 heavy (non-hydrogen) atoms. The van der Waals surface area contributed by atoms with Crippen molar-refractivity contribution in [1.29, 1.82) is 0 Å². The summed E-state index contributed by atoms with van der Waals surface area (Å²) in [6, 6.07) is -0.489. The quantitative estimate of drug-likeness (QED) is 0.0620. The molecule has 572 valence electrons. The van der Waals surface area contributed by atoms with Crippen molar-refractivity contribution in [3.8, 4) is 57.1 Å². The fraction of sp³-hybridized carbons (Fsp3) is 0.426. The molecule has 7 aliphatic rings. The predicted octanol–water partition coefficient (Wildman–Crippen LogP) is 0.430. The average molecular weight is 1550 g/mol. The lowest BCUT2D eigenvalue weighted by atomic mass is 9.86. The molecule has 0 radical (unpaired) electrons.